The molecule has 160 valence electrons. The number of rotatable bonds is 9. The number of ether oxygens (including phenoxy) is 2. The highest BCUT2D eigenvalue weighted by molar-refractivity contribution is 7.15. The van der Waals surface area contributed by atoms with Crippen LogP contribution in [0, 0.1) is 0 Å². The van der Waals surface area contributed by atoms with Crippen molar-refractivity contribution in [3.05, 3.63) is 69.0 Å². The van der Waals surface area contributed by atoms with Crippen LogP contribution in [-0.4, -0.2) is 27.8 Å². The summed E-state index contributed by atoms with van der Waals surface area (Å²) in [6.45, 7) is 5.54. The molecule has 0 aliphatic carbocycles. The molecular formula is C24H25N3O3S. The molecule has 0 N–H and O–H groups in total. The number of hydrogen-bond acceptors (Lipinski definition) is 6. The first-order valence-corrected chi connectivity index (χ1v) is 11.4. The summed E-state index contributed by atoms with van der Waals surface area (Å²) in [5, 5.41) is 4.43. The van der Waals surface area contributed by atoms with Gasteiger partial charge in [0.05, 0.1) is 17.7 Å². The minimum absolute atomic E-state index is 0.176. The van der Waals surface area contributed by atoms with Gasteiger partial charge >= 0.3 is 0 Å². The van der Waals surface area contributed by atoms with Gasteiger partial charge in [-0.25, -0.2) is 0 Å². The Hall–Kier alpha value is -3.19. The number of nitrogens with zero attached hydrogens (tertiary/aromatic N) is 3. The molecule has 31 heavy (non-hydrogen) atoms. The molecule has 4 aromatic rings. The number of hydrogen-bond donors (Lipinski definition) is 0. The van der Waals surface area contributed by atoms with E-state index in [2.05, 4.69) is 23.9 Å². The zero-order chi connectivity index (χ0) is 21.6. The smallest absolute Gasteiger partial charge is 0.291 e. The van der Waals surface area contributed by atoms with E-state index in [9.17, 15) is 4.79 Å². The highest BCUT2D eigenvalue weighted by atomic mass is 32.1. The zero-order valence-electron chi connectivity index (χ0n) is 17.7. The standard InChI is InChI=1S/C24H25N3O3S/c1-3-5-15-30-20-9-7-6-8-18(20)16-21-23(28)27-24(31-21)25-22(26-27)17-10-12-19(13-11-17)29-14-4-2/h6-13,16H,3-5,14-15H2,1-2H3. The number of unbranched alkanes of at least 4 members (excludes halogenated alkanes) is 1. The van der Waals surface area contributed by atoms with E-state index in [4.69, 9.17) is 9.47 Å². The van der Waals surface area contributed by atoms with Gasteiger partial charge in [-0.1, -0.05) is 49.8 Å². The van der Waals surface area contributed by atoms with E-state index >= 15 is 0 Å². The van der Waals surface area contributed by atoms with Crippen molar-refractivity contribution in [3.8, 4) is 22.9 Å². The number of thiazole rings is 1. The molecule has 7 heteroatoms. The van der Waals surface area contributed by atoms with Crippen molar-refractivity contribution in [1.82, 2.24) is 14.6 Å². The number of benzene rings is 2. The summed E-state index contributed by atoms with van der Waals surface area (Å²) in [5.41, 5.74) is 1.55. The van der Waals surface area contributed by atoms with Crippen LogP contribution in [0.15, 0.2) is 53.3 Å². The predicted octanol–water partition coefficient (Wildman–Crippen LogP) is 4.33. The Morgan fingerprint density at radius 2 is 1.81 bits per heavy atom. The molecule has 0 saturated carbocycles. The Kier molecular flexibility index (Phi) is 6.62. The quantitative estimate of drug-likeness (QED) is 0.366. The Balaban J connectivity index is 1.62. The molecule has 0 radical (unpaired) electrons. The van der Waals surface area contributed by atoms with Crippen LogP contribution < -0.4 is 19.6 Å². The predicted molar refractivity (Wildman–Crippen MR) is 124 cm³/mol. The van der Waals surface area contributed by atoms with Gasteiger partial charge in [-0.05, 0) is 49.2 Å². The molecule has 0 aliphatic rings. The molecule has 0 atom stereocenters. The minimum Gasteiger partial charge on any atom is -0.494 e. The van der Waals surface area contributed by atoms with Crippen molar-refractivity contribution < 1.29 is 9.47 Å². The topological polar surface area (TPSA) is 65.7 Å². The molecule has 2 aromatic carbocycles. The van der Waals surface area contributed by atoms with E-state index in [0.29, 0.717) is 28.5 Å². The van der Waals surface area contributed by atoms with Gasteiger partial charge in [0.25, 0.3) is 5.56 Å². The maximum atomic E-state index is 12.9. The highest BCUT2D eigenvalue weighted by Gasteiger charge is 2.12. The van der Waals surface area contributed by atoms with Crippen molar-refractivity contribution in [3.63, 3.8) is 0 Å². The lowest BCUT2D eigenvalue weighted by Gasteiger charge is -2.07. The second kappa shape index (κ2) is 9.75. The fourth-order valence-electron chi connectivity index (χ4n) is 3.08. The first-order chi connectivity index (χ1) is 15.2. The second-order valence-corrected chi connectivity index (χ2v) is 8.17. The van der Waals surface area contributed by atoms with Crippen molar-refractivity contribution in [2.24, 2.45) is 0 Å². The highest BCUT2D eigenvalue weighted by Crippen LogP contribution is 2.21. The van der Waals surface area contributed by atoms with Gasteiger partial charge in [-0.15, -0.1) is 5.10 Å². The van der Waals surface area contributed by atoms with Gasteiger partial charge in [0, 0.05) is 11.1 Å². The molecule has 0 aliphatic heterocycles. The first kappa shape index (κ1) is 21.1. The van der Waals surface area contributed by atoms with Crippen molar-refractivity contribution in [2.45, 2.75) is 33.1 Å². The van der Waals surface area contributed by atoms with E-state index in [1.165, 1.54) is 15.9 Å². The van der Waals surface area contributed by atoms with Gasteiger partial charge in [-0.2, -0.15) is 9.50 Å². The summed E-state index contributed by atoms with van der Waals surface area (Å²) in [6, 6.07) is 15.4. The van der Waals surface area contributed by atoms with Crippen LogP contribution in [0.1, 0.15) is 38.7 Å². The van der Waals surface area contributed by atoms with Gasteiger partial charge in [0.15, 0.2) is 5.82 Å². The molecule has 0 saturated heterocycles. The molecule has 4 rings (SSSR count). The lowest BCUT2D eigenvalue weighted by Crippen LogP contribution is -2.23. The molecule has 0 bridgehead atoms. The number of para-hydroxylation sites is 1. The molecule has 0 unspecified atom stereocenters. The Morgan fingerprint density at radius 1 is 1.00 bits per heavy atom. The summed E-state index contributed by atoms with van der Waals surface area (Å²) in [7, 11) is 0. The largest absolute Gasteiger partial charge is 0.494 e. The van der Waals surface area contributed by atoms with Gasteiger partial charge in [-0.3, -0.25) is 4.79 Å². The Morgan fingerprint density at radius 3 is 2.55 bits per heavy atom. The second-order valence-electron chi connectivity index (χ2n) is 7.16. The summed E-state index contributed by atoms with van der Waals surface area (Å²) in [6.07, 6.45) is 4.87. The average molecular weight is 436 g/mol. The maximum Gasteiger partial charge on any atom is 0.291 e. The third-order valence-corrected chi connectivity index (χ3v) is 5.69. The fraction of sp³-hybridized carbons (Fsp3) is 0.292. The van der Waals surface area contributed by atoms with Crippen LogP contribution in [-0.2, 0) is 0 Å². The molecule has 0 fully saturated rings. The van der Waals surface area contributed by atoms with Gasteiger partial charge in [0.1, 0.15) is 11.5 Å². The summed E-state index contributed by atoms with van der Waals surface area (Å²) in [4.78, 5) is 18.0. The monoisotopic (exact) mass is 435 g/mol. The molecule has 0 spiro atoms. The maximum absolute atomic E-state index is 12.9. The summed E-state index contributed by atoms with van der Waals surface area (Å²) < 4.78 is 13.4. The van der Waals surface area contributed by atoms with Crippen molar-refractivity contribution >= 4 is 22.4 Å². The average Bonchev–Trinajstić information content (AvgIpc) is 3.33. The van der Waals surface area contributed by atoms with Gasteiger partial charge < -0.3 is 9.47 Å². The molecule has 2 heterocycles. The van der Waals surface area contributed by atoms with E-state index in [-0.39, 0.29) is 5.56 Å². The summed E-state index contributed by atoms with van der Waals surface area (Å²) >= 11 is 1.33. The van der Waals surface area contributed by atoms with E-state index in [1.807, 2.05) is 54.6 Å². The van der Waals surface area contributed by atoms with Crippen LogP contribution >= 0.6 is 11.3 Å². The normalized spacial score (nSPS) is 11.9. The van der Waals surface area contributed by atoms with Crippen LogP contribution in [0.4, 0.5) is 0 Å². The van der Waals surface area contributed by atoms with Crippen LogP contribution in [0.5, 0.6) is 11.5 Å². The number of aromatic nitrogens is 3. The zero-order valence-corrected chi connectivity index (χ0v) is 18.5. The minimum atomic E-state index is -0.176. The van der Waals surface area contributed by atoms with Crippen molar-refractivity contribution in [1.29, 1.82) is 0 Å². The van der Waals surface area contributed by atoms with Crippen LogP contribution in [0.3, 0.4) is 0 Å². The third-order valence-electron chi connectivity index (χ3n) is 4.73. The van der Waals surface area contributed by atoms with Crippen LogP contribution in [0.2, 0.25) is 0 Å². The lowest BCUT2D eigenvalue weighted by atomic mass is 10.2. The van der Waals surface area contributed by atoms with E-state index in [0.717, 1.165) is 41.9 Å². The molecule has 6 nitrogen and oxygen atoms in total. The molecular weight excluding hydrogens is 410 g/mol. The van der Waals surface area contributed by atoms with Crippen molar-refractivity contribution in [2.75, 3.05) is 13.2 Å². The SMILES string of the molecule is CCCCOc1ccccc1C=c1sc2nc(-c3ccc(OCCC)cc3)nn2c1=O. The van der Waals surface area contributed by atoms with Crippen LogP contribution in [0.25, 0.3) is 22.4 Å². The van der Waals surface area contributed by atoms with E-state index < -0.39 is 0 Å². The third kappa shape index (κ3) is 4.77. The lowest BCUT2D eigenvalue weighted by molar-refractivity contribution is 0.309. The van der Waals surface area contributed by atoms with E-state index in [1.54, 1.807) is 0 Å². The van der Waals surface area contributed by atoms with Gasteiger partial charge in [0.2, 0.25) is 4.96 Å². The number of fused-ring (bicyclic) bond motifs is 1. The Bertz CT molecular complexity index is 1260. The molecule has 0 amide bonds. The first-order valence-electron chi connectivity index (χ1n) is 10.6. The Labute approximate surface area is 184 Å². The summed E-state index contributed by atoms with van der Waals surface area (Å²) in [5.74, 6) is 2.12. The fourth-order valence-corrected chi connectivity index (χ4v) is 3.97. The molecule has 2 aromatic heterocycles.